The molecule has 1 amide bonds. The molecule has 3 fully saturated rings. The number of carbonyl (C=O) groups is 1. The molecule has 3 aliphatic rings. The molecule has 0 N–H and O–H groups in total. The molecule has 5 heterocycles. The number of ether oxygens (including phenoxy) is 1. The molecule has 2 atom stereocenters. The number of aromatic nitrogens is 9. The molecule has 3 saturated carbocycles. The molecule has 0 spiro atoms. The van der Waals surface area contributed by atoms with Crippen molar-refractivity contribution in [1.82, 2.24) is 48.8 Å². The summed E-state index contributed by atoms with van der Waals surface area (Å²) in [4.78, 5) is 24.7. The first-order chi connectivity index (χ1) is 22.3. The summed E-state index contributed by atoms with van der Waals surface area (Å²) in [5, 5.41) is 16.3. The third-order valence-corrected chi connectivity index (χ3v) is 9.73. The maximum Gasteiger partial charge on any atom is 0.258 e. The molecule has 3 aliphatic carbocycles. The Kier molecular flexibility index (Phi) is 5.79. The normalized spacial score (nSPS) is 19.3. The average Bonchev–Trinajstić information content (AvgIpc) is 4.00. The minimum absolute atomic E-state index is 0.0204. The number of carbonyl (C=O) groups excluding carboxylic acids is 1. The molecule has 0 radical (unpaired) electrons. The standard InChI is InChI=1S/C34H36N10O2/c1-40(2)34(45)22-14-26(22)44-17-27(33(39-44)46-5)43-16-24-21(7-6-8-25(24)37-43)29-30(19-11-12-19)42(4)32(36-29)23-13-20-15-41(3)38-31(20)35-28(23)18-9-10-18/h6-8,13,15-19,22,26H,9-12,14H2,1-5H3/t22-,26-/m1/s1. The summed E-state index contributed by atoms with van der Waals surface area (Å²) in [6.07, 6.45) is 11.4. The Morgan fingerprint density at radius 1 is 0.957 bits per heavy atom. The van der Waals surface area contributed by atoms with Crippen LogP contribution in [0.1, 0.15) is 61.4 Å². The van der Waals surface area contributed by atoms with Crippen molar-refractivity contribution in [3.05, 3.63) is 54.2 Å². The van der Waals surface area contributed by atoms with Crippen molar-refractivity contribution >= 4 is 27.8 Å². The van der Waals surface area contributed by atoms with Crippen LogP contribution in [0, 0.1) is 5.92 Å². The number of imidazole rings is 1. The molecular formula is C34H36N10O2. The summed E-state index contributed by atoms with van der Waals surface area (Å²) in [7, 11) is 9.30. The zero-order valence-electron chi connectivity index (χ0n) is 26.7. The first-order valence-electron chi connectivity index (χ1n) is 16.0. The smallest absolute Gasteiger partial charge is 0.258 e. The van der Waals surface area contributed by atoms with E-state index in [2.05, 4.69) is 40.0 Å². The number of benzene rings is 1. The van der Waals surface area contributed by atoms with Gasteiger partial charge in [0.1, 0.15) is 11.5 Å². The van der Waals surface area contributed by atoms with Crippen LogP contribution in [0.4, 0.5) is 0 Å². The van der Waals surface area contributed by atoms with Crippen molar-refractivity contribution in [3.63, 3.8) is 0 Å². The van der Waals surface area contributed by atoms with Gasteiger partial charge in [-0.15, -0.1) is 5.10 Å². The van der Waals surface area contributed by atoms with Crippen molar-refractivity contribution < 1.29 is 9.53 Å². The SMILES string of the molecule is COc1nn([C@@H]2C[C@H]2C(=O)N(C)C)cc1-n1cc2c(-c3nc(-c4cc5cn(C)nc5nc4C4CC4)n(C)c3C3CC3)cccc2n1. The minimum atomic E-state index is -0.0653. The highest BCUT2D eigenvalue weighted by molar-refractivity contribution is 5.95. The molecule has 12 nitrogen and oxygen atoms in total. The number of fused-ring (bicyclic) bond motifs is 2. The lowest BCUT2D eigenvalue weighted by Gasteiger charge is -2.10. The van der Waals surface area contributed by atoms with Crippen LogP contribution in [0.15, 0.2) is 42.9 Å². The zero-order chi connectivity index (χ0) is 31.4. The Labute approximate surface area is 265 Å². The third kappa shape index (κ3) is 4.26. The number of nitrogens with zero attached hydrogens (tertiary/aromatic N) is 10. The Balaban J connectivity index is 1.15. The van der Waals surface area contributed by atoms with Gasteiger partial charge >= 0.3 is 0 Å². The second-order valence-electron chi connectivity index (χ2n) is 13.4. The number of hydrogen-bond donors (Lipinski definition) is 0. The van der Waals surface area contributed by atoms with Crippen LogP contribution in [-0.2, 0) is 18.9 Å². The molecule has 46 heavy (non-hydrogen) atoms. The van der Waals surface area contributed by atoms with E-state index in [9.17, 15) is 4.79 Å². The average molecular weight is 617 g/mol. The molecule has 5 aromatic heterocycles. The molecule has 0 bridgehead atoms. The van der Waals surface area contributed by atoms with E-state index in [1.54, 1.807) is 26.1 Å². The summed E-state index contributed by atoms with van der Waals surface area (Å²) >= 11 is 0. The van der Waals surface area contributed by atoms with Gasteiger partial charge in [-0.1, -0.05) is 12.1 Å². The van der Waals surface area contributed by atoms with E-state index < -0.39 is 0 Å². The first-order valence-corrected chi connectivity index (χ1v) is 16.0. The predicted octanol–water partition coefficient (Wildman–Crippen LogP) is 4.98. The Morgan fingerprint density at radius 2 is 1.76 bits per heavy atom. The summed E-state index contributed by atoms with van der Waals surface area (Å²) in [6.45, 7) is 0. The Hall–Kier alpha value is -5.00. The van der Waals surface area contributed by atoms with Gasteiger partial charge < -0.3 is 14.2 Å². The lowest BCUT2D eigenvalue weighted by molar-refractivity contribution is -0.130. The van der Waals surface area contributed by atoms with Gasteiger partial charge in [-0.3, -0.25) is 14.2 Å². The maximum atomic E-state index is 12.5. The second kappa shape index (κ2) is 9.75. The van der Waals surface area contributed by atoms with Crippen molar-refractivity contribution in [3.8, 4) is 34.2 Å². The van der Waals surface area contributed by atoms with E-state index in [1.807, 2.05) is 45.7 Å². The van der Waals surface area contributed by atoms with Crippen molar-refractivity contribution in [2.75, 3.05) is 21.2 Å². The lowest BCUT2D eigenvalue weighted by Crippen LogP contribution is -2.24. The van der Waals surface area contributed by atoms with Gasteiger partial charge in [0.05, 0.1) is 42.2 Å². The van der Waals surface area contributed by atoms with E-state index in [0.29, 0.717) is 17.7 Å². The first kappa shape index (κ1) is 27.3. The van der Waals surface area contributed by atoms with Crippen LogP contribution >= 0.6 is 0 Å². The van der Waals surface area contributed by atoms with Crippen LogP contribution in [-0.4, -0.2) is 75.9 Å². The fourth-order valence-electron chi connectivity index (χ4n) is 6.99. The fourth-order valence-corrected chi connectivity index (χ4v) is 6.99. The number of hydrogen-bond acceptors (Lipinski definition) is 7. The van der Waals surface area contributed by atoms with Gasteiger partial charge in [-0.2, -0.15) is 10.2 Å². The van der Waals surface area contributed by atoms with Crippen LogP contribution < -0.4 is 4.74 Å². The van der Waals surface area contributed by atoms with Gasteiger partial charge in [0.25, 0.3) is 5.88 Å². The predicted molar refractivity (Wildman–Crippen MR) is 173 cm³/mol. The highest BCUT2D eigenvalue weighted by atomic mass is 16.5. The van der Waals surface area contributed by atoms with Gasteiger partial charge in [0.15, 0.2) is 5.65 Å². The largest absolute Gasteiger partial charge is 0.478 e. The summed E-state index contributed by atoms with van der Waals surface area (Å²) < 4.78 is 13.5. The van der Waals surface area contributed by atoms with Gasteiger partial charge in [0.2, 0.25) is 5.91 Å². The molecule has 9 rings (SSSR count). The molecule has 0 saturated heterocycles. The number of pyridine rings is 1. The molecular weight excluding hydrogens is 580 g/mol. The number of amides is 1. The highest BCUT2D eigenvalue weighted by Crippen LogP contribution is 2.49. The van der Waals surface area contributed by atoms with Crippen molar-refractivity contribution in [2.24, 2.45) is 20.0 Å². The van der Waals surface area contributed by atoms with E-state index >= 15 is 0 Å². The number of aryl methyl sites for hydroxylation is 1. The van der Waals surface area contributed by atoms with E-state index in [-0.39, 0.29) is 17.9 Å². The van der Waals surface area contributed by atoms with Crippen LogP contribution in [0.2, 0.25) is 0 Å². The van der Waals surface area contributed by atoms with Gasteiger partial charge in [-0.25, -0.2) is 14.6 Å². The summed E-state index contributed by atoms with van der Waals surface area (Å²) in [5.41, 5.74) is 7.93. The van der Waals surface area contributed by atoms with Crippen molar-refractivity contribution in [1.29, 1.82) is 0 Å². The fraction of sp³-hybridized carbons (Fsp3) is 0.412. The number of methoxy groups -OCH3 is 1. The Morgan fingerprint density at radius 3 is 2.50 bits per heavy atom. The summed E-state index contributed by atoms with van der Waals surface area (Å²) in [6, 6.07) is 8.49. The molecule has 234 valence electrons. The lowest BCUT2D eigenvalue weighted by atomic mass is 10.0. The quantitative estimate of drug-likeness (QED) is 0.237. The summed E-state index contributed by atoms with van der Waals surface area (Å²) in [5.74, 6) is 2.41. The Bertz CT molecular complexity index is 2190. The third-order valence-electron chi connectivity index (χ3n) is 9.73. The van der Waals surface area contributed by atoms with Crippen LogP contribution in [0.5, 0.6) is 5.88 Å². The molecule has 12 heteroatoms. The highest BCUT2D eigenvalue weighted by Gasteiger charge is 2.46. The van der Waals surface area contributed by atoms with Crippen molar-refractivity contribution in [2.45, 2.75) is 50.0 Å². The van der Waals surface area contributed by atoms with Crippen LogP contribution in [0.3, 0.4) is 0 Å². The van der Waals surface area contributed by atoms with E-state index in [4.69, 9.17) is 19.8 Å². The monoisotopic (exact) mass is 616 g/mol. The van der Waals surface area contributed by atoms with Gasteiger partial charge in [-0.05, 0) is 44.2 Å². The minimum Gasteiger partial charge on any atom is -0.478 e. The van der Waals surface area contributed by atoms with Crippen LogP contribution in [0.25, 0.3) is 50.3 Å². The molecule has 0 unspecified atom stereocenters. The number of rotatable bonds is 8. The van der Waals surface area contributed by atoms with Gasteiger partial charge in [0, 0.05) is 80.0 Å². The van der Waals surface area contributed by atoms with E-state index in [0.717, 1.165) is 88.1 Å². The van der Waals surface area contributed by atoms with E-state index in [1.165, 1.54) is 5.69 Å². The maximum absolute atomic E-state index is 12.5. The topological polar surface area (TPSA) is 114 Å². The molecule has 6 aromatic rings. The second-order valence-corrected chi connectivity index (χ2v) is 13.4. The molecule has 1 aromatic carbocycles. The molecule has 0 aliphatic heterocycles. The zero-order valence-corrected chi connectivity index (χ0v) is 26.7.